The SMILES string of the molecule is COc1ccc([C@H](O)c2ccco2)cc1OC. The third-order valence-electron chi connectivity index (χ3n) is 2.54. The summed E-state index contributed by atoms with van der Waals surface area (Å²) >= 11 is 0. The first kappa shape index (κ1) is 11.5. The molecule has 2 aromatic rings. The Morgan fingerprint density at radius 1 is 1.12 bits per heavy atom. The molecule has 1 aromatic heterocycles. The van der Waals surface area contributed by atoms with E-state index in [2.05, 4.69) is 0 Å². The second-order valence-corrected chi connectivity index (χ2v) is 3.53. The summed E-state index contributed by atoms with van der Waals surface area (Å²) in [5, 5.41) is 10.1. The van der Waals surface area contributed by atoms with E-state index >= 15 is 0 Å². The Kier molecular flexibility index (Phi) is 3.35. The number of aliphatic hydroxyl groups is 1. The summed E-state index contributed by atoms with van der Waals surface area (Å²) < 4.78 is 15.5. The van der Waals surface area contributed by atoms with Gasteiger partial charge in [0.25, 0.3) is 0 Å². The molecule has 0 amide bonds. The summed E-state index contributed by atoms with van der Waals surface area (Å²) in [7, 11) is 3.13. The first-order valence-corrected chi connectivity index (χ1v) is 5.19. The van der Waals surface area contributed by atoms with Crippen molar-refractivity contribution in [3.63, 3.8) is 0 Å². The van der Waals surface area contributed by atoms with Gasteiger partial charge in [-0.2, -0.15) is 0 Å². The van der Waals surface area contributed by atoms with Crippen molar-refractivity contribution in [1.29, 1.82) is 0 Å². The fourth-order valence-corrected chi connectivity index (χ4v) is 1.63. The Morgan fingerprint density at radius 2 is 1.88 bits per heavy atom. The van der Waals surface area contributed by atoms with Crippen molar-refractivity contribution in [2.45, 2.75) is 6.10 Å². The molecule has 0 aliphatic carbocycles. The van der Waals surface area contributed by atoms with Crippen LogP contribution in [0.5, 0.6) is 11.5 Å². The van der Waals surface area contributed by atoms with Crippen molar-refractivity contribution in [1.82, 2.24) is 0 Å². The molecule has 0 spiro atoms. The fraction of sp³-hybridized carbons (Fsp3) is 0.231. The molecule has 0 saturated heterocycles. The highest BCUT2D eigenvalue weighted by atomic mass is 16.5. The number of methoxy groups -OCH3 is 2. The molecule has 4 nitrogen and oxygen atoms in total. The van der Waals surface area contributed by atoms with Gasteiger partial charge in [0.2, 0.25) is 0 Å². The minimum Gasteiger partial charge on any atom is -0.493 e. The van der Waals surface area contributed by atoms with Crippen LogP contribution < -0.4 is 9.47 Å². The van der Waals surface area contributed by atoms with Crippen molar-refractivity contribution in [3.05, 3.63) is 47.9 Å². The fourth-order valence-electron chi connectivity index (χ4n) is 1.63. The molecule has 0 bridgehead atoms. The standard InChI is InChI=1S/C13H14O4/c1-15-10-6-5-9(8-12(10)16-2)13(14)11-4-3-7-17-11/h3-8,13-14H,1-2H3/t13-/m0/s1. The van der Waals surface area contributed by atoms with Gasteiger partial charge in [0.15, 0.2) is 11.5 Å². The molecule has 90 valence electrons. The van der Waals surface area contributed by atoms with Crippen LogP contribution in [0.1, 0.15) is 17.4 Å². The monoisotopic (exact) mass is 234 g/mol. The second-order valence-electron chi connectivity index (χ2n) is 3.53. The molecule has 0 aliphatic rings. The smallest absolute Gasteiger partial charge is 0.161 e. The van der Waals surface area contributed by atoms with E-state index in [4.69, 9.17) is 13.9 Å². The molecule has 17 heavy (non-hydrogen) atoms. The lowest BCUT2D eigenvalue weighted by molar-refractivity contribution is 0.189. The molecule has 4 heteroatoms. The van der Waals surface area contributed by atoms with E-state index in [0.717, 1.165) is 0 Å². The maximum atomic E-state index is 10.1. The van der Waals surface area contributed by atoms with Crippen LogP contribution in [0.25, 0.3) is 0 Å². The van der Waals surface area contributed by atoms with Gasteiger partial charge in [0, 0.05) is 0 Å². The highest BCUT2D eigenvalue weighted by molar-refractivity contribution is 5.44. The largest absolute Gasteiger partial charge is 0.493 e. The highest BCUT2D eigenvalue weighted by Gasteiger charge is 2.15. The molecule has 1 heterocycles. The Labute approximate surface area is 99.4 Å². The molecule has 1 atom stereocenters. The number of benzene rings is 1. The van der Waals surface area contributed by atoms with Crippen molar-refractivity contribution >= 4 is 0 Å². The van der Waals surface area contributed by atoms with Crippen LogP contribution in [0, 0.1) is 0 Å². The summed E-state index contributed by atoms with van der Waals surface area (Å²) in [6, 6.07) is 8.71. The van der Waals surface area contributed by atoms with Crippen LogP contribution in [0.3, 0.4) is 0 Å². The third-order valence-corrected chi connectivity index (χ3v) is 2.54. The lowest BCUT2D eigenvalue weighted by atomic mass is 10.1. The molecule has 0 fully saturated rings. The van der Waals surface area contributed by atoms with Gasteiger partial charge >= 0.3 is 0 Å². The van der Waals surface area contributed by atoms with Gasteiger partial charge in [-0.25, -0.2) is 0 Å². The van der Waals surface area contributed by atoms with Gasteiger partial charge in [0.1, 0.15) is 11.9 Å². The first-order valence-electron chi connectivity index (χ1n) is 5.19. The lowest BCUT2D eigenvalue weighted by Crippen LogP contribution is -1.99. The van der Waals surface area contributed by atoms with Crippen molar-refractivity contribution < 1.29 is 19.0 Å². The molecular formula is C13H14O4. The maximum absolute atomic E-state index is 10.1. The van der Waals surface area contributed by atoms with Crippen LogP contribution in [-0.2, 0) is 0 Å². The van der Waals surface area contributed by atoms with Crippen molar-refractivity contribution in [3.8, 4) is 11.5 Å². The Hall–Kier alpha value is -1.94. The molecule has 1 N–H and O–H groups in total. The zero-order chi connectivity index (χ0) is 12.3. The Balaban J connectivity index is 2.33. The maximum Gasteiger partial charge on any atom is 0.161 e. The minimum atomic E-state index is -0.801. The zero-order valence-corrected chi connectivity index (χ0v) is 9.71. The molecule has 0 aliphatic heterocycles. The second kappa shape index (κ2) is 4.93. The summed E-state index contributed by atoms with van der Waals surface area (Å²) in [5.41, 5.74) is 0.692. The predicted octanol–water partition coefficient (Wildman–Crippen LogP) is 2.38. The lowest BCUT2D eigenvalue weighted by Gasteiger charge is -2.12. The van der Waals surface area contributed by atoms with Crippen LogP contribution in [-0.4, -0.2) is 19.3 Å². The molecule has 0 radical (unpaired) electrons. The summed E-state index contributed by atoms with van der Waals surface area (Å²) in [5.74, 6) is 1.70. The van der Waals surface area contributed by atoms with Gasteiger partial charge in [-0.3, -0.25) is 0 Å². The first-order chi connectivity index (χ1) is 8.26. The van der Waals surface area contributed by atoms with E-state index in [1.165, 1.54) is 6.26 Å². The topological polar surface area (TPSA) is 51.8 Å². The highest BCUT2D eigenvalue weighted by Crippen LogP contribution is 2.32. The van der Waals surface area contributed by atoms with Gasteiger partial charge in [-0.1, -0.05) is 6.07 Å². The number of aliphatic hydroxyl groups excluding tert-OH is 1. The van der Waals surface area contributed by atoms with E-state index in [9.17, 15) is 5.11 Å². The zero-order valence-electron chi connectivity index (χ0n) is 9.71. The van der Waals surface area contributed by atoms with Crippen molar-refractivity contribution in [2.75, 3.05) is 14.2 Å². The van der Waals surface area contributed by atoms with Gasteiger partial charge in [-0.05, 0) is 29.8 Å². The summed E-state index contributed by atoms with van der Waals surface area (Å²) in [4.78, 5) is 0. The van der Waals surface area contributed by atoms with E-state index in [1.54, 1.807) is 44.6 Å². The number of ether oxygens (including phenoxy) is 2. The minimum absolute atomic E-state index is 0.497. The van der Waals surface area contributed by atoms with E-state index in [1.807, 2.05) is 0 Å². The average molecular weight is 234 g/mol. The van der Waals surface area contributed by atoms with Gasteiger partial charge in [0.05, 0.1) is 20.5 Å². The molecule has 2 rings (SSSR count). The number of hydrogen-bond donors (Lipinski definition) is 1. The van der Waals surface area contributed by atoms with E-state index in [0.29, 0.717) is 22.8 Å². The summed E-state index contributed by atoms with van der Waals surface area (Å²) in [6.45, 7) is 0. The van der Waals surface area contributed by atoms with Crippen molar-refractivity contribution in [2.24, 2.45) is 0 Å². The van der Waals surface area contributed by atoms with Crippen LogP contribution in [0.4, 0.5) is 0 Å². The average Bonchev–Trinajstić information content (AvgIpc) is 2.90. The van der Waals surface area contributed by atoms with Crippen LogP contribution in [0.15, 0.2) is 41.0 Å². The summed E-state index contributed by atoms with van der Waals surface area (Å²) in [6.07, 6.45) is 0.726. The normalized spacial score (nSPS) is 12.2. The predicted molar refractivity (Wildman–Crippen MR) is 62.3 cm³/mol. The number of rotatable bonds is 4. The molecule has 0 unspecified atom stereocenters. The molecular weight excluding hydrogens is 220 g/mol. The molecule has 0 saturated carbocycles. The Morgan fingerprint density at radius 3 is 2.47 bits per heavy atom. The van der Waals surface area contributed by atoms with E-state index in [-0.39, 0.29) is 0 Å². The quantitative estimate of drug-likeness (QED) is 0.882. The van der Waals surface area contributed by atoms with Crippen LogP contribution >= 0.6 is 0 Å². The van der Waals surface area contributed by atoms with E-state index < -0.39 is 6.10 Å². The van der Waals surface area contributed by atoms with Gasteiger partial charge in [-0.15, -0.1) is 0 Å². The van der Waals surface area contributed by atoms with Gasteiger partial charge < -0.3 is 19.0 Å². The Bertz CT molecular complexity index is 476. The van der Waals surface area contributed by atoms with Crippen LogP contribution in [0.2, 0.25) is 0 Å². The molecule has 1 aromatic carbocycles. The number of furan rings is 1. The third kappa shape index (κ3) is 2.26. The number of hydrogen-bond acceptors (Lipinski definition) is 4.